The molecule has 0 aliphatic carbocycles. The van der Waals surface area contributed by atoms with E-state index in [0.29, 0.717) is 5.56 Å². The molecule has 74 valence electrons. The molecule has 0 fully saturated rings. The van der Waals surface area contributed by atoms with Gasteiger partial charge in [0.25, 0.3) is 0 Å². The molecule has 0 amide bonds. The molecular weight excluding hydrogens is 206 g/mol. The van der Waals surface area contributed by atoms with Gasteiger partial charge in [-0.15, -0.1) is 0 Å². The molecule has 0 radical (unpaired) electrons. The van der Waals surface area contributed by atoms with E-state index in [1.807, 2.05) is 6.07 Å². The Kier molecular flexibility index (Phi) is 3.94. The molecule has 0 N–H and O–H groups in total. The highest BCUT2D eigenvalue weighted by molar-refractivity contribution is 6.69. The van der Waals surface area contributed by atoms with Gasteiger partial charge in [-0.25, -0.2) is 9.68 Å². The number of halogens is 1. The van der Waals surface area contributed by atoms with Crippen molar-refractivity contribution in [3.8, 4) is 0 Å². The second-order valence-corrected chi connectivity index (χ2v) is 2.76. The van der Waals surface area contributed by atoms with E-state index >= 15 is 0 Å². The van der Waals surface area contributed by atoms with Gasteiger partial charge in [-0.3, -0.25) is 0 Å². The lowest BCUT2D eigenvalue weighted by molar-refractivity contribution is -0.270. The van der Waals surface area contributed by atoms with Crippen LogP contribution in [-0.4, -0.2) is 11.1 Å². The number of benzene rings is 1. The van der Waals surface area contributed by atoms with Crippen LogP contribution in [0.4, 0.5) is 0 Å². The van der Waals surface area contributed by atoms with Gasteiger partial charge in [-0.05, 0) is 5.16 Å². The average molecular weight is 214 g/mol. The van der Waals surface area contributed by atoms with E-state index in [1.165, 1.54) is 6.92 Å². The van der Waals surface area contributed by atoms with Crippen molar-refractivity contribution in [3.63, 3.8) is 0 Å². The van der Waals surface area contributed by atoms with Crippen LogP contribution in [0.2, 0.25) is 0 Å². The summed E-state index contributed by atoms with van der Waals surface area (Å²) in [6.45, 7) is 1.20. The lowest BCUT2D eigenvalue weighted by Gasteiger charge is -1.96. The maximum Gasteiger partial charge on any atom is 0.354 e. The predicted molar refractivity (Wildman–Crippen MR) is 51.7 cm³/mol. The zero-order valence-corrected chi connectivity index (χ0v) is 8.19. The van der Waals surface area contributed by atoms with Crippen molar-refractivity contribution in [2.45, 2.75) is 6.92 Å². The molecule has 0 heterocycles. The lowest BCUT2D eigenvalue weighted by atomic mass is 10.2. The Morgan fingerprint density at radius 2 is 2.00 bits per heavy atom. The molecule has 5 heteroatoms. The summed E-state index contributed by atoms with van der Waals surface area (Å²) in [4.78, 5) is 18.6. The third kappa shape index (κ3) is 3.45. The minimum atomic E-state index is -0.591. The van der Waals surface area contributed by atoms with E-state index in [4.69, 9.17) is 11.6 Å². The predicted octanol–water partition coefficient (Wildman–Crippen LogP) is 2.08. The van der Waals surface area contributed by atoms with E-state index in [9.17, 15) is 4.79 Å². The number of carbonyl (C=O) groups is 1. The first kappa shape index (κ1) is 10.5. The van der Waals surface area contributed by atoms with Gasteiger partial charge in [0.05, 0.1) is 0 Å². The van der Waals surface area contributed by atoms with Crippen LogP contribution in [0.5, 0.6) is 0 Å². The summed E-state index contributed by atoms with van der Waals surface area (Å²) in [6.07, 6.45) is 0. The lowest BCUT2D eigenvalue weighted by Crippen LogP contribution is -1.98. The van der Waals surface area contributed by atoms with Crippen LogP contribution in [0.25, 0.3) is 0 Å². The fourth-order valence-electron chi connectivity index (χ4n) is 0.732. The number of oxime groups is 1. The molecular formula is C9H8ClNO3. The zero-order valence-electron chi connectivity index (χ0n) is 7.44. The molecule has 1 rings (SSSR count). The van der Waals surface area contributed by atoms with Crippen molar-refractivity contribution in [3.05, 3.63) is 35.9 Å². The van der Waals surface area contributed by atoms with Crippen LogP contribution in [0, 0.1) is 0 Å². The molecule has 1 aromatic rings. The van der Waals surface area contributed by atoms with Crippen LogP contribution in [0.15, 0.2) is 35.5 Å². The third-order valence-electron chi connectivity index (χ3n) is 1.28. The van der Waals surface area contributed by atoms with Gasteiger partial charge in [0, 0.05) is 12.5 Å². The van der Waals surface area contributed by atoms with Gasteiger partial charge in [0.15, 0.2) is 5.17 Å². The molecule has 0 aliphatic heterocycles. The van der Waals surface area contributed by atoms with Crippen LogP contribution >= 0.6 is 11.6 Å². The van der Waals surface area contributed by atoms with E-state index in [0.717, 1.165) is 0 Å². The molecule has 0 aliphatic rings. The highest BCUT2D eigenvalue weighted by Crippen LogP contribution is 2.04. The molecule has 1 aromatic carbocycles. The van der Waals surface area contributed by atoms with Gasteiger partial charge in [0.2, 0.25) is 0 Å². The van der Waals surface area contributed by atoms with Crippen molar-refractivity contribution in [1.29, 1.82) is 0 Å². The second kappa shape index (κ2) is 5.24. The van der Waals surface area contributed by atoms with Crippen LogP contribution < -0.4 is 0 Å². The Morgan fingerprint density at radius 1 is 1.36 bits per heavy atom. The Morgan fingerprint density at radius 3 is 2.57 bits per heavy atom. The van der Waals surface area contributed by atoms with Crippen LogP contribution in [-0.2, 0) is 14.7 Å². The molecule has 0 saturated carbocycles. The second-order valence-electron chi connectivity index (χ2n) is 2.40. The Hall–Kier alpha value is -1.55. The summed E-state index contributed by atoms with van der Waals surface area (Å²) >= 11 is 5.72. The third-order valence-corrected chi connectivity index (χ3v) is 1.57. The summed E-state index contributed by atoms with van der Waals surface area (Å²) in [5.74, 6) is -0.591. The molecule has 0 unspecified atom stereocenters. The molecule has 0 bridgehead atoms. The van der Waals surface area contributed by atoms with Crippen molar-refractivity contribution in [2.24, 2.45) is 5.16 Å². The van der Waals surface area contributed by atoms with Gasteiger partial charge in [-0.1, -0.05) is 41.9 Å². The number of nitrogens with zero attached hydrogens (tertiary/aromatic N) is 1. The Labute approximate surface area is 86.0 Å². The average Bonchev–Trinajstić information content (AvgIpc) is 2.18. The SMILES string of the molecule is CC(=O)OO/N=C(/Cl)c1ccccc1. The molecule has 0 saturated heterocycles. The fourth-order valence-corrected chi connectivity index (χ4v) is 0.886. The summed E-state index contributed by atoms with van der Waals surface area (Å²) in [7, 11) is 0. The smallest absolute Gasteiger partial charge is 0.248 e. The first-order valence-corrected chi connectivity index (χ1v) is 4.21. The minimum Gasteiger partial charge on any atom is -0.248 e. The quantitative estimate of drug-likeness (QED) is 0.439. The molecule has 0 atom stereocenters. The summed E-state index contributed by atoms with van der Waals surface area (Å²) in [5.41, 5.74) is 0.682. The summed E-state index contributed by atoms with van der Waals surface area (Å²) < 4.78 is 0. The number of hydrogen-bond donors (Lipinski definition) is 0. The van der Waals surface area contributed by atoms with Gasteiger partial charge >= 0.3 is 5.97 Å². The maximum absolute atomic E-state index is 10.3. The highest BCUT2D eigenvalue weighted by Gasteiger charge is 1.99. The first-order chi connectivity index (χ1) is 6.70. The van der Waals surface area contributed by atoms with Crippen LogP contribution in [0.3, 0.4) is 0 Å². The van der Waals surface area contributed by atoms with Gasteiger partial charge in [0.1, 0.15) is 0 Å². The highest BCUT2D eigenvalue weighted by atomic mass is 35.5. The van der Waals surface area contributed by atoms with Crippen molar-refractivity contribution < 1.29 is 14.7 Å². The molecule has 14 heavy (non-hydrogen) atoms. The van der Waals surface area contributed by atoms with Crippen molar-refractivity contribution >= 4 is 22.7 Å². The Balaban J connectivity index is 2.57. The van der Waals surface area contributed by atoms with E-state index in [2.05, 4.69) is 15.0 Å². The van der Waals surface area contributed by atoms with Gasteiger partial charge in [-0.2, -0.15) is 4.99 Å². The summed E-state index contributed by atoms with van der Waals surface area (Å²) in [6, 6.07) is 8.96. The molecule has 0 spiro atoms. The van der Waals surface area contributed by atoms with E-state index in [1.54, 1.807) is 24.3 Å². The van der Waals surface area contributed by atoms with Crippen LogP contribution in [0.1, 0.15) is 12.5 Å². The standard InChI is InChI=1S/C9H8ClNO3/c1-7(12)13-14-11-9(10)8-5-3-2-4-6-8/h2-6H,1H3/b11-9+. The first-order valence-electron chi connectivity index (χ1n) is 3.83. The van der Waals surface area contributed by atoms with Crippen molar-refractivity contribution in [2.75, 3.05) is 0 Å². The maximum atomic E-state index is 10.3. The van der Waals surface area contributed by atoms with E-state index in [-0.39, 0.29) is 5.17 Å². The topological polar surface area (TPSA) is 47.9 Å². The van der Waals surface area contributed by atoms with Gasteiger partial charge < -0.3 is 0 Å². The molecule has 4 nitrogen and oxygen atoms in total. The van der Waals surface area contributed by atoms with E-state index < -0.39 is 5.97 Å². The monoisotopic (exact) mass is 213 g/mol. The molecule has 0 aromatic heterocycles. The number of carbonyl (C=O) groups excluding carboxylic acids is 1. The normalized spacial score (nSPS) is 10.9. The number of rotatable bonds is 3. The summed E-state index contributed by atoms with van der Waals surface area (Å²) in [5, 5.41) is 3.49. The largest absolute Gasteiger partial charge is 0.354 e. The van der Waals surface area contributed by atoms with Crippen molar-refractivity contribution in [1.82, 2.24) is 0 Å². The minimum absolute atomic E-state index is 0.117. The fraction of sp³-hybridized carbons (Fsp3) is 0.111. The zero-order chi connectivity index (χ0) is 10.4. The number of hydrogen-bond acceptors (Lipinski definition) is 4. The Bertz CT molecular complexity index is 337.